The molecule has 1 heterocycles. The van der Waals surface area contributed by atoms with Gasteiger partial charge in [-0.2, -0.15) is 0 Å². The number of piperazine rings is 1. The molecule has 1 aromatic rings. The first-order chi connectivity index (χ1) is 13.6. The quantitative estimate of drug-likeness (QED) is 0.744. The Kier molecular flexibility index (Phi) is 7.14. The fourth-order valence-corrected chi connectivity index (χ4v) is 4.08. The molecule has 1 aliphatic carbocycles. The molecule has 1 aromatic carbocycles. The van der Waals surface area contributed by atoms with Crippen LogP contribution in [0.3, 0.4) is 0 Å². The second-order valence-electron chi connectivity index (χ2n) is 7.56. The molecule has 2 amide bonds. The van der Waals surface area contributed by atoms with Gasteiger partial charge in [-0.05, 0) is 18.9 Å². The number of hydrogen-bond acceptors (Lipinski definition) is 5. The monoisotopic (exact) mass is 389 g/mol. The van der Waals surface area contributed by atoms with Gasteiger partial charge in [-0.25, -0.2) is 0 Å². The van der Waals surface area contributed by atoms with E-state index in [1.807, 2.05) is 18.2 Å². The lowest BCUT2D eigenvalue weighted by atomic mass is 9.95. The lowest BCUT2D eigenvalue weighted by Crippen LogP contribution is -2.56. The smallest absolute Gasteiger partial charge is 0.237 e. The van der Waals surface area contributed by atoms with Gasteiger partial charge in [0.25, 0.3) is 0 Å². The fourth-order valence-electron chi connectivity index (χ4n) is 4.08. The van der Waals surface area contributed by atoms with Crippen molar-refractivity contribution in [3.8, 4) is 11.5 Å². The number of benzene rings is 1. The lowest BCUT2D eigenvalue weighted by Gasteiger charge is -2.35. The lowest BCUT2D eigenvalue weighted by molar-refractivity contribution is -0.134. The molecule has 1 saturated heterocycles. The molecule has 0 unspecified atom stereocenters. The summed E-state index contributed by atoms with van der Waals surface area (Å²) >= 11 is 0. The molecule has 28 heavy (non-hydrogen) atoms. The minimum absolute atomic E-state index is 0.0411. The zero-order valence-corrected chi connectivity index (χ0v) is 16.8. The highest BCUT2D eigenvalue weighted by atomic mass is 16.5. The Bertz CT molecular complexity index is 688. The number of nitrogens with one attached hydrogen (secondary N) is 2. The maximum atomic E-state index is 12.6. The summed E-state index contributed by atoms with van der Waals surface area (Å²) < 4.78 is 10.7. The van der Waals surface area contributed by atoms with E-state index < -0.39 is 6.04 Å². The van der Waals surface area contributed by atoms with Crippen LogP contribution in [-0.2, 0) is 16.1 Å². The molecular formula is C21H31N3O4. The van der Waals surface area contributed by atoms with Gasteiger partial charge in [0.05, 0.1) is 26.7 Å². The van der Waals surface area contributed by atoms with Crippen LogP contribution in [0, 0.1) is 0 Å². The third-order valence-electron chi connectivity index (χ3n) is 5.66. The summed E-state index contributed by atoms with van der Waals surface area (Å²) in [7, 11) is 3.24. The third-order valence-corrected chi connectivity index (χ3v) is 5.66. The standard InChI is InChI=1S/C21H31N3O4/c1-27-17-9-8-15(19(12-17)28-2)14-24-11-10-22-21(26)18(24)13-20(25)23-16-6-4-3-5-7-16/h8-9,12,16,18H,3-7,10-11,13-14H2,1-2H3,(H,22,26)(H,23,25)/t18-/m0/s1. The molecular weight excluding hydrogens is 358 g/mol. The van der Waals surface area contributed by atoms with Crippen LogP contribution in [-0.4, -0.2) is 56.1 Å². The Balaban J connectivity index is 1.66. The molecule has 1 aliphatic heterocycles. The third kappa shape index (κ3) is 5.16. The molecule has 0 radical (unpaired) electrons. The van der Waals surface area contributed by atoms with Crippen molar-refractivity contribution in [2.24, 2.45) is 0 Å². The second kappa shape index (κ2) is 9.78. The molecule has 2 N–H and O–H groups in total. The Hall–Kier alpha value is -2.28. The van der Waals surface area contributed by atoms with Gasteiger partial charge in [-0.3, -0.25) is 14.5 Å². The van der Waals surface area contributed by atoms with Gasteiger partial charge in [0.15, 0.2) is 0 Å². The number of carbonyl (C=O) groups excluding carboxylic acids is 2. The van der Waals surface area contributed by atoms with E-state index in [2.05, 4.69) is 15.5 Å². The van der Waals surface area contributed by atoms with Crippen LogP contribution < -0.4 is 20.1 Å². The van der Waals surface area contributed by atoms with Gasteiger partial charge < -0.3 is 20.1 Å². The SMILES string of the molecule is COc1ccc(CN2CCNC(=O)[C@@H]2CC(=O)NC2CCCCC2)c(OC)c1. The van der Waals surface area contributed by atoms with Crippen LogP contribution in [0.15, 0.2) is 18.2 Å². The van der Waals surface area contributed by atoms with Crippen molar-refractivity contribution >= 4 is 11.8 Å². The maximum absolute atomic E-state index is 12.6. The zero-order chi connectivity index (χ0) is 19.9. The van der Waals surface area contributed by atoms with Crippen LogP contribution in [0.1, 0.15) is 44.1 Å². The summed E-state index contributed by atoms with van der Waals surface area (Å²) in [6.45, 7) is 1.82. The van der Waals surface area contributed by atoms with Gasteiger partial charge in [0.1, 0.15) is 11.5 Å². The predicted molar refractivity (Wildman–Crippen MR) is 106 cm³/mol. The Morgan fingerprint density at radius 1 is 1.21 bits per heavy atom. The molecule has 3 rings (SSSR count). The van der Waals surface area contributed by atoms with Crippen molar-refractivity contribution in [3.63, 3.8) is 0 Å². The van der Waals surface area contributed by atoms with E-state index in [0.717, 1.165) is 42.7 Å². The van der Waals surface area contributed by atoms with E-state index in [-0.39, 0.29) is 24.3 Å². The van der Waals surface area contributed by atoms with Crippen molar-refractivity contribution < 1.29 is 19.1 Å². The summed E-state index contributed by atoms with van der Waals surface area (Å²) in [5.41, 5.74) is 0.968. The van der Waals surface area contributed by atoms with Crippen molar-refractivity contribution in [2.45, 2.75) is 57.2 Å². The van der Waals surface area contributed by atoms with Crippen LogP contribution >= 0.6 is 0 Å². The van der Waals surface area contributed by atoms with Gasteiger partial charge in [-0.15, -0.1) is 0 Å². The normalized spacial score (nSPS) is 21.1. The number of carbonyl (C=O) groups is 2. The largest absolute Gasteiger partial charge is 0.497 e. The minimum atomic E-state index is -0.468. The summed E-state index contributed by atoms with van der Waals surface area (Å²) in [5.74, 6) is 1.31. The Labute approximate surface area is 166 Å². The number of methoxy groups -OCH3 is 2. The van der Waals surface area contributed by atoms with E-state index >= 15 is 0 Å². The molecule has 0 bridgehead atoms. The summed E-state index contributed by atoms with van der Waals surface area (Å²) in [4.78, 5) is 27.1. The first-order valence-corrected chi connectivity index (χ1v) is 10.1. The van der Waals surface area contributed by atoms with Crippen LogP contribution in [0.2, 0.25) is 0 Å². The number of hydrogen-bond donors (Lipinski definition) is 2. The summed E-state index contributed by atoms with van der Waals surface area (Å²) in [6.07, 6.45) is 5.83. The molecule has 2 fully saturated rings. The molecule has 154 valence electrons. The Morgan fingerprint density at radius 3 is 2.71 bits per heavy atom. The topological polar surface area (TPSA) is 79.9 Å². The van der Waals surface area contributed by atoms with Gasteiger partial charge in [-0.1, -0.05) is 25.3 Å². The maximum Gasteiger partial charge on any atom is 0.237 e. The van der Waals surface area contributed by atoms with Crippen LogP contribution in [0.4, 0.5) is 0 Å². The minimum Gasteiger partial charge on any atom is -0.497 e. The van der Waals surface area contributed by atoms with E-state index in [1.54, 1.807) is 14.2 Å². The molecule has 1 saturated carbocycles. The van der Waals surface area contributed by atoms with E-state index in [1.165, 1.54) is 6.42 Å². The fraction of sp³-hybridized carbons (Fsp3) is 0.619. The molecule has 0 spiro atoms. The van der Waals surface area contributed by atoms with E-state index in [4.69, 9.17) is 9.47 Å². The van der Waals surface area contributed by atoms with Crippen molar-refractivity contribution in [1.82, 2.24) is 15.5 Å². The van der Waals surface area contributed by atoms with Crippen molar-refractivity contribution in [2.75, 3.05) is 27.3 Å². The van der Waals surface area contributed by atoms with Crippen LogP contribution in [0.5, 0.6) is 11.5 Å². The highest BCUT2D eigenvalue weighted by Crippen LogP contribution is 2.27. The zero-order valence-electron chi connectivity index (χ0n) is 16.8. The first-order valence-electron chi connectivity index (χ1n) is 10.1. The highest BCUT2D eigenvalue weighted by molar-refractivity contribution is 5.88. The summed E-state index contributed by atoms with van der Waals surface area (Å²) in [6, 6.07) is 5.45. The summed E-state index contributed by atoms with van der Waals surface area (Å²) in [5, 5.41) is 6.01. The number of amides is 2. The number of ether oxygens (including phenoxy) is 2. The molecule has 2 aliphatic rings. The second-order valence-corrected chi connectivity index (χ2v) is 7.56. The Morgan fingerprint density at radius 2 is 2.00 bits per heavy atom. The van der Waals surface area contributed by atoms with Gasteiger partial charge in [0.2, 0.25) is 11.8 Å². The first kappa shape index (κ1) is 20.5. The molecule has 0 aromatic heterocycles. The highest BCUT2D eigenvalue weighted by Gasteiger charge is 2.32. The molecule has 7 nitrogen and oxygen atoms in total. The average Bonchev–Trinajstić information content (AvgIpc) is 2.71. The van der Waals surface area contributed by atoms with E-state index in [9.17, 15) is 9.59 Å². The van der Waals surface area contributed by atoms with Crippen molar-refractivity contribution in [3.05, 3.63) is 23.8 Å². The predicted octanol–water partition coefficient (Wildman–Crippen LogP) is 1.84. The van der Waals surface area contributed by atoms with Crippen molar-refractivity contribution in [1.29, 1.82) is 0 Å². The van der Waals surface area contributed by atoms with Gasteiger partial charge in [0, 0.05) is 37.3 Å². The molecule has 1 atom stereocenters. The molecule has 7 heteroatoms. The van der Waals surface area contributed by atoms with Crippen LogP contribution in [0.25, 0.3) is 0 Å². The van der Waals surface area contributed by atoms with E-state index in [0.29, 0.717) is 19.6 Å². The number of rotatable bonds is 7. The van der Waals surface area contributed by atoms with Gasteiger partial charge >= 0.3 is 0 Å². The average molecular weight is 389 g/mol. The number of nitrogens with zero attached hydrogens (tertiary/aromatic N) is 1.